The zero-order valence-electron chi connectivity index (χ0n) is 16.0. The number of rotatable bonds is 3. The molecule has 0 spiro atoms. The first-order valence-corrected chi connectivity index (χ1v) is 9.98. The predicted octanol–water partition coefficient (Wildman–Crippen LogP) is 7.53. The topological polar surface area (TPSA) is 28.7 Å². The van der Waals surface area contributed by atoms with E-state index >= 15 is 0 Å². The molecule has 1 aromatic heterocycles. The maximum Gasteiger partial charge on any atom is 0.139 e. The van der Waals surface area contributed by atoms with Crippen molar-refractivity contribution in [1.29, 1.82) is 0 Å². The molecule has 0 saturated heterocycles. The van der Waals surface area contributed by atoms with Crippen LogP contribution in [0.3, 0.4) is 0 Å². The van der Waals surface area contributed by atoms with E-state index in [-0.39, 0.29) is 0 Å². The molecule has 0 atom stereocenters. The molecule has 0 aliphatic heterocycles. The van der Waals surface area contributed by atoms with Crippen LogP contribution in [0.2, 0.25) is 5.02 Å². The lowest BCUT2D eigenvalue weighted by Crippen LogP contribution is -1.90. The first-order chi connectivity index (χ1) is 14.2. The van der Waals surface area contributed by atoms with Gasteiger partial charge in [-0.15, -0.1) is 0 Å². The molecule has 0 bridgehead atoms. The lowest BCUT2D eigenvalue weighted by Gasteiger charge is -2.13. The maximum absolute atomic E-state index is 6.63. The van der Waals surface area contributed by atoms with Gasteiger partial charge in [-0.25, -0.2) is 4.98 Å². The zero-order valence-corrected chi connectivity index (χ0v) is 16.7. The van der Waals surface area contributed by atoms with E-state index in [9.17, 15) is 0 Å². The summed E-state index contributed by atoms with van der Waals surface area (Å²) in [5, 5.41) is 0.745. The van der Waals surface area contributed by atoms with Gasteiger partial charge in [-0.1, -0.05) is 78.3 Å². The first-order valence-electron chi connectivity index (χ1n) is 9.60. The Morgan fingerprint density at radius 3 is 2.24 bits per heavy atom. The smallest absolute Gasteiger partial charge is 0.139 e. The highest BCUT2D eigenvalue weighted by Crippen LogP contribution is 2.38. The van der Waals surface area contributed by atoms with Crippen molar-refractivity contribution in [2.45, 2.75) is 6.92 Å². The molecule has 0 fully saturated rings. The van der Waals surface area contributed by atoms with Crippen molar-refractivity contribution in [2.75, 3.05) is 0 Å². The number of aromatic nitrogens is 2. The third-order valence-electron chi connectivity index (χ3n) is 5.19. The molecule has 0 aliphatic carbocycles. The van der Waals surface area contributed by atoms with E-state index in [1.54, 1.807) is 0 Å². The molecule has 0 saturated carbocycles. The molecule has 0 amide bonds. The number of para-hydroxylation sites is 2. The molecule has 2 nitrogen and oxygen atoms in total. The minimum Gasteiger partial charge on any atom is -0.338 e. The standard InChI is InChI=1S/C26H19ClN2/c1-17-11-13-21(23(27)15-17)20-14-12-19(18-7-3-2-4-8-18)16-22(20)26-28-24-9-5-6-10-25(24)29-26/h2-16H,1H3,(H,28,29). The highest BCUT2D eigenvalue weighted by atomic mass is 35.5. The molecule has 140 valence electrons. The molecule has 1 N–H and O–H groups in total. The molecular formula is C26H19ClN2. The number of imidazole rings is 1. The van der Waals surface area contributed by atoms with Gasteiger partial charge >= 0.3 is 0 Å². The monoisotopic (exact) mass is 394 g/mol. The van der Waals surface area contributed by atoms with Crippen molar-refractivity contribution in [3.05, 3.63) is 102 Å². The number of H-pyrrole nitrogens is 1. The lowest BCUT2D eigenvalue weighted by molar-refractivity contribution is 1.33. The summed E-state index contributed by atoms with van der Waals surface area (Å²) in [6.07, 6.45) is 0. The van der Waals surface area contributed by atoms with Gasteiger partial charge in [-0.3, -0.25) is 0 Å². The number of nitrogens with zero attached hydrogens (tertiary/aromatic N) is 1. The number of benzene rings is 4. The second-order valence-corrected chi connectivity index (χ2v) is 7.62. The van der Waals surface area contributed by atoms with Gasteiger partial charge in [0.1, 0.15) is 5.82 Å². The van der Waals surface area contributed by atoms with Crippen molar-refractivity contribution in [1.82, 2.24) is 9.97 Å². The second kappa shape index (κ2) is 7.23. The van der Waals surface area contributed by atoms with E-state index in [2.05, 4.69) is 59.6 Å². The minimum atomic E-state index is 0.745. The fourth-order valence-electron chi connectivity index (χ4n) is 3.70. The summed E-state index contributed by atoms with van der Waals surface area (Å²) in [5.74, 6) is 0.843. The molecule has 29 heavy (non-hydrogen) atoms. The first kappa shape index (κ1) is 17.7. The zero-order chi connectivity index (χ0) is 19.8. The van der Waals surface area contributed by atoms with Gasteiger partial charge in [-0.2, -0.15) is 0 Å². The number of hydrogen-bond donors (Lipinski definition) is 1. The van der Waals surface area contributed by atoms with E-state index in [1.165, 1.54) is 5.56 Å². The van der Waals surface area contributed by atoms with Crippen LogP contribution in [-0.4, -0.2) is 9.97 Å². The summed E-state index contributed by atoms with van der Waals surface area (Å²) in [7, 11) is 0. The summed E-state index contributed by atoms with van der Waals surface area (Å²) < 4.78 is 0. The second-order valence-electron chi connectivity index (χ2n) is 7.21. The SMILES string of the molecule is Cc1ccc(-c2ccc(-c3ccccc3)cc2-c2nc3ccccc3[nH]2)c(Cl)c1. The Morgan fingerprint density at radius 1 is 0.690 bits per heavy atom. The van der Waals surface area contributed by atoms with Gasteiger partial charge in [0.25, 0.3) is 0 Å². The maximum atomic E-state index is 6.63. The van der Waals surface area contributed by atoms with Crippen molar-refractivity contribution < 1.29 is 0 Å². The van der Waals surface area contributed by atoms with Crippen LogP contribution in [0.15, 0.2) is 91.0 Å². The Labute approximate surface area is 174 Å². The van der Waals surface area contributed by atoms with E-state index < -0.39 is 0 Å². The summed E-state index contributed by atoms with van der Waals surface area (Å²) in [6, 6.07) is 31.1. The van der Waals surface area contributed by atoms with Crippen LogP contribution in [0.4, 0.5) is 0 Å². The summed E-state index contributed by atoms with van der Waals surface area (Å²) in [4.78, 5) is 8.33. The van der Waals surface area contributed by atoms with E-state index in [1.807, 2.05) is 43.3 Å². The Hall–Kier alpha value is -3.36. The van der Waals surface area contributed by atoms with E-state index in [0.717, 1.165) is 49.7 Å². The fraction of sp³-hybridized carbons (Fsp3) is 0.0385. The van der Waals surface area contributed by atoms with Crippen molar-refractivity contribution in [2.24, 2.45) is 0 Å². The number of aromatic amines is 1. The van der Waals surface area contributed by atoms with Crippen LogP contribution in [0.1, 0.15) is 5.56 Å². The number of aryl methyl sites for hydroxylation is 1. The normalized spacial score (nSPS) is 11.1. The van der Waals surface area contributed by atoms with Gasteiger partial charge in [0, 0.05) is 16.1 Å². The van der Waals surface area contributed by atoms with Gasteiger partial charge in [0.2, 0.25) is 0 Å². The van der Waals surface area contributed by atoms with E-state index in [0.29, 0.717) is 0 Å². The van der Waals surface area contributed by atoms with Crippen LogP contribution in [0.5, 0.6) is 0 Å². The Balaban J connectivity index is 1.76. The van der Waals surface area contributed by atoms with Crippen LogP contribution in [-0.2, 0) is 0 Å². The fourth-order valence-corrected chi connectivity index (χ4v) is 4.04. The highest BCUT2D eigenvalue weighted by Gasteiger charge is 2.15. The van der Waals surface area contributed by atoms with Crippen LogP contribution in [0, 0.1) is 6.92 Å². The summed E-state index contributed by atoms with van der Waals surface area (Å²) >= 11 is 6.63. The molecule has 5 aromatic rings. The minimum absolute atomic E-state index is 0.745. The number of fused-ring (bicyclic) bond motifs is 1. The Morgan fingerprint density at radius 2 is 1.45 bits per heavy atom. The Kier molecular flexibility index (Phi) is 4.42. The van der Waals surface area contributed by atoms with E-state index in [4.69, 9.17) is 16.6 Å². The van der Waals surface area contributed by atoms with Gasteiger partial charge in [0.05, 0.1) is 11.0 Å². The third kappa shape index (κ3) is 3.32. The molecule has 1 heterocycles. The largest absolute Gasteiger partial charge is 0.338 e. The van der Waals surface area contributed by atoms with Gasteiger partial charge in [-0.05, 0) is 53.4 Å². The van der Waals surface area contributed by atoms with Gasteiger partial charge < -0.3 is 4.98 Å². The Bertz CT molecular complexity index is 1290. The van der Waals surface area contributed by atoms with Crippen molar-refractivity contribution in [3.63, 3.8) is 0 Å². The molecule has 0 radical (unpaired) electrons. The lowest BCUT2D eigenvalue weighted by atomic mass is 9.94. The van der Waals surface area contributed by atoms with Crippen molar-refractivity contribution >= 4 is 22.6 Å². The van der Waals surface area contributed by atoms with Gasteiger partial charge in [0.15, 0.2) is 0 Å². The molecule has 3 heteroatoms. The summed E-state index contributed by atoms with van der Waals surface area (Å²) in [6.45, 7) is 2.05. The number of hydrogen-bond acceptors (Lipinski definition) is 1. The predicted molar refractivity (Wildman–Crippen MR) is 122 cm³/mol. The average molecular weight is 395 g/mol. The van der Waals surface area contributed by atoms with Crippen LogP contribution < -0.4 is 0 Å². The number of nitrogens with one attached hydrogen (secondary N) is 1. The van der Waals surface area contributed by atoms with Crippen LogP contribution >= 0.6 is 11.6 Å². The molecule has 0 unspecified atom stereocenters. The summed E-state index contributed by atoms with van der Waals surface area (Å²) in [5.41, 5.74) is 8.54. The molecular weight excluding hydrogens is 376 g/mol. The average Bonchev–Trinajstić information content (AvgIpc) is 3.18. The molecule has 0 aliphatic rings. The third-order valence-corrected chi connectivity index (χ3v) is 5.50. The molecule has 4 aromatic carbocycles. The highest BCUT2D eigenvalue weighted by molar-refractivity contribution is 6.33. The molecule has 5 rings (SSSR count). The van der Waals surface area contributed by atoms with Crippen molar-refractivity contribution in [3.8, 4) is 33.6 Å². The quantitative estimate of drug-likeness (QED) is 0.336. The van der Waals surface area contributed by atoms with Crippen LogP contribution in [0.25, 0.3) is 44.7 Å². The number of halogens is 1.